The van der Waals surface area contributed by atoms with Gasteiger partial charge < -0.3 is 15.5 Å². The third-order valence-corrected chi connectivity index (χ3v) is 4.59. The first kappa shape index (κ1) is 17.9. The van der Waals surface area contributed by atoms with Crippen molar-refractivity contribution in [1.82, 2.24) is 20.6 Å². The molecule has 0 aliphatic heterocycles. The zero-order valence-electron chi connectivity index (χ0n) is 14.8. The summed E-state index contributed by atoms with van der Waals surface area (Å²) in [7, 11) is 3.88. The summed E-state index contributed by atoms with van der Waals surface area (Å²) >= 11 is 1.54. The third-order valence-electron chi connectivity index (χ3n) is 3.74. The Morgan fingerprint density at radius 3 is 2.54 bits per heavy atom. The van der Waals surface area contributed by atoms with Gasteiger partial charge in [0.05, 0.1) is 12.2 Å². The Morgan fingerprint density at radius 1 is 1.08 bits per heavy atom. The summed E-state index contributed by atoms with van der Waals surface area (Å²) in [4.78, 5) is 22.8. The van der Waals surface area contributed by atoms with Crippen LogP contribution in [0.15, 0.2) is 54.0 Å². The molecular formula is C19H21N5OS. The fraction of sp³-hybridized carbons (Fsp3) is 0.211. The van der Waals surface area contributed by atoms with Crippen LogP contribution in [-0.2, 0) is 13.1 Å². The summed E-state index contributed by atoms with van der Waals surface area (Å²) in [5.41, 5.74) is 2.96. The highest BCUT2D eigenvalue weighted by Crippen LogP contribution is 2.21. The average Bonchev–Trinajstić information content (AvgIpc) is 3.15. The van der Waals surface area contributed by atoms with Crippen LogP contribution in [-0.4, -0.2) is 30.1 Å². The molecule has 0 radical (unpaired) electrons. The molecule has 3 aromatic rings. The number of hydrogen-bond acceptors (Lipinski definition) is 5. The van der Waals surface area contributed by atoms with E-state index in [0.717, 1.165) is 27.6 Å². The number of aromatic nitrogens is 2. The van der Waals surface area contributed by atoms with Crippen LogP contribution in [0.3, 0.4) is 0 Å². The first-order valence-corrected chi connectivity index (χ1v) is 9.13. The smallest absolute Gasteiger partial charge is 0.315 e. The van der Waals surface area contributed by atoms with E-state index in [1.54, 1.807) is 6.20 Å². The second-order valence-electron chi connectivity index (χ2n) is 5.95. The van der Waals surface area contributed by atoms with E-state index in [2.05, 4.69) is 20.6 Å². The minimum Gasteiger partial charge on any atom is -0.363 e. The molecule has 2 amide bonds. The standard InChI is InChI=1S/C19H21N5OS/c1-24(2)17-9-8-14(10-20-17)11-21-19(25)22-12-18-23-16(13-26-18)15-6-4-3-5-7-15/h3-10,13H,11-12H2,1-2H3,(H2,21,22,25). The van der Waals surface area contributed by atoms with Gasteiger partial charge in [-0.3, -0.25) is 0 Å². The van der Waals surface area contributed by atoms with Crippen molar-refractivity contribution in [2.45, 2.75) is 13.1 Å². The summed E-state index contributed by atoms with van der Waals surface area (Å²) in [6.07, 6.45) is 1.77. The van der Waals surface area contributed by atoms with Gasteiger partial charge in [0.2, 0.25) is 0 Å². The van der Waals surface area contributed by atoms with Crippen LogP contribution in [0.25, 0.3) is 11.3 Å². The van der Waals surface area contributed by atoms with Gasteiger partial charge in [-0.25, -0.2) is 14.8 Å². The summed E-state index contributed by atoms with van der Waals surface area (Å²) in [5.74, 6) is 0.885. The van der Waals surface area contributed by atoms with E-state index < -0.39 is 0 Å². The molecule has 26 heavy (non-hydrogen) atoms. The Kier molecular flexibility index (Phi) is 5.80. The van der Waals surface area contributed by atoms with E-state index in [0.29, 0.717) is 13.1 Å². The molecule has 1 aromatic carbocycles. The number of nitrogens with zero attached hydrogens (tertiary/aromatic N) is 3. The summed E-state index contributed by atoms with van der Waals surface area (Å²) in [6.45, 7) is 0.834. The van der Waals surface area contributed by atoms with Crippen molar-refractivity contribution in [3.8, 4) is 11.3 Å². The van der Waals surface area contributed by atoms with E-state index in [9.17, 15) is 4.79 Å². The molecule has 0 saturated heterocycles. The van der Waals surface area contributed by atoms with E-state index in [1.165, 1.54) is 11.3 Å². The van der Waals surface area contributed by atoms with E-state index in [1.807, 2.05) is 66.8 Å². The molecule has 0 bridgehead atoms. The van der Waals surface area contributed by atoms with Crippen molar-refractivity contribution >= 4 is 23.2 Å². The molecule has 0 spiro atoms. The highest BCUT2D eigenvalue weighted by Gasteiger charge is 2.06. The van der Waals surface area contributed by atoms with Gasteiger partial charge in [-0.2, -0.15) is 0 Å². The van der Waals surface area contributed by atoms with Crippen LogP contribution in [0.2, 0.25) is 0 Å². The average molecular weight is 367 g/mol. The van der Waals surface area contributed by atoms with Crippen LogP contribution in [0.1, 0.15) is 10.6 Å². The van der Waals surface area contributed by atoms with Gasteiger partial charge in [-0.1, -0.05) is 36.4 Å². The van der Waals surface area contributed by atoms with Gasteiger partial charge in [0.15, 0.2) is 0 Å². The number of amides is 2. The maximum atomic E-state index is 12.0. The molecule has 134 valence electrons. The summed E-state index contributed by atoms with van der Waals surface area (Å²) < 4.78 is 0. The van der Waals surface area contributed by atoms with Crippen molar-refractivity contribution in [2.24, 2.45) is 0 Å². The predicted octanol–water partition coefficient (Wildman–Crippen LogP) is 3.27. The van der Waals surface area contributed by atoms with Crippen molar-refractivity contribution in [2.75, 3.05) is 19.0 Å². The Bertz CT molecular complexity index is 846. The number of carbonyl (C=O) groups excluding carboxylic acids is 1. The molecule has 2 aromatic heterocycles. The second kappa shape index (κ2) is 8.44. The Hall–Kier alpha value is -2.93. The number of pyridine rings is 1. The minimum absolute atomic E-state index is 0.224. The van der Waals surface area contributed by atoms with Gasteiger partial charge in [0.1, 0.15) is 10.8 Å². The molecule has 2 heterocycles. The maximum absolute atomic E-state index is 12.0. The zero-order valence-corrected chi connectivity index (χ0v) is 15.6. The zero-order chi connectivity index (χ0) is 18.4. The van der Waals surface area contributed by atoms with Crippen LogP contribution >= 0.6 is 11.3 Å². The monoisotopic (exact) mass is 367 g/mol. The van der Waals surface area contributed by atoms with E-state index in [-0.39, 0.29) is 6.03 Å². The molecule has 2 N–H and O–H groups in total. The number of anilines is 1. The lowest BCUT2D eigenvalue weighted by atomic mass is 10.2. The van der Waals surface area contributed by atoms with Gasteiger partial charge in [0, 0.05) is 37.8 Å². The SMILES string of the molecule is CN(C)c1ccc(CNC(=O)NCc2nc(-c3ccccc3)cs2)cn1. The molecule has 0 aliphatic carbocycles. The van der Waals surface area contributed by atoms with Crippen molar-refractivity contribution in [1.29, 1.82) is 0 Å². The number of urea groups is 1. The summed E-state index contributed by atoms with van der Waals surface area (Å²) in [6, 6.07) is 13.7. The highest BCUT2D eigenvalue weighted by molar-refractivity contribution is 7.09. The largest absolute Gasteiger partial charge is 0.363 e. The number of rotatable bonds is 6. The van der Waals surface area contributed by atoms with E-state index >= 15 is 0 Å². The van der Waals surface area contributed by atoms with Crippen LogP contribution in [0.5, 0.6) is 0 Å². The van der Waals surface area contributed by atoms with E-state index in [4.69, 9.17) is 0 Å². The topological polar surface area (TPSA) is 70.2 Å². The van der Waals surface area contributed by atoms with Gasteiger partial charge in [0.25, 0.3) is 0 Å². The Labute approximate surface area is 156 Å². The third kappa shape index (κ3) is 4.80. The quantitative estimate of drug-likeness (QED) is 0.701. The van der Waals surface area contributed by atoms with Crippen LogP contribution in [0, 0.1) is 0 Å². The highest BCUT2D eigenvalue weighted by atomic mass is 32.1. The molecule has 0 aliphatic rings. The van der Waals surface area contributed by atoms with Gasteiger partial charge in [-0.05, 0) is 11.6 Å². The lowest BCUT2D eigenvalue weighted by molar-refractivity contribution is 0.240. The maximum Gasteiger partial charge on any atom is 0.315 e. The normalized spacial score (nSPS) is 10.4. The van der Waals surface area contributed by atoms with Crippen LogP contribution < -0.4 is 15.5 Å². The molecule has 0 fully saturated rings. The fourth-order valence-electron chi connectivity index (χ4n) is 2.32. The molecule has 7 heteroatoms. The Morgan fingerprint density at radius 2 is 1.85 bits per heavy atom. The minimum atomic E-state index is -0.224. The first-order valence-electron chi connectivity index (χ1n) is 8.25. The lowest BCUT2D eigenvalue weighted by Gasteiger charge is -2.11. The number of hydrogen-bond donors (Lipinski definition) is 2. The molecule has 6 nitrogen and oxygen atoms in total. The molecule has 3 rings (SSSR count). The number of benzene rings is 1. The number of nitrogens with one attached hydrogen (secondary N) is 2. The molecular weight excluding hydrogens is 346 g/mol. The second-order valence-corrected chi connectivity index (χ2v) is 6.89. The lowest BCUT2D eigenvalue weighted by Crippen LogP contribution is -2.34. The summed E-state index contributed by atoms with van der Waals surface area (Å²) in [5, 5.41) is 8.54. The fourth-order valence-corrected chi connectivity index (χ4v) is 3.06. The number of thiazole rings is 1. The predicted molar refractivity (Wildman–Crippen MR) is 105 cm³/mol. The number of carbonyl (C=O) groups is 1. The molecule has 0 atom stereocenters. The molecule has 0 unspecified atom stereocenters. The van der Waals surface area contributed by atoms with Crippen LogP contribution in [0.4, 0.5) is 10.6 Å². The van der Waals surface area contributed by atoms with Gasteiger partial charge >= 0.3 is 6.03 Å². The van der Waals surface area contributed by atoms with Crippen molar-refractivity contribution < 1.29 is 4.79 Å². The van der Waals surface area contributed by atoms with Gasteiger partial charge in [-0.15, -0.1) is 11.3 Å². The van der Waals surface area contributed by atoms with Crippen molar-refractivity contribution in [3.05, 3.63) is 64.6 Å². The first-order chi connectivity index (χ1) is 12.6. The van der Waals surface area contributed by atoms with Crippen molar-refractivity contribution in [3.63, 3.8) is 0 Å². The molecule has 0 saturated carbocycles. The Balaban J connectivity index is 1.46.